The van der Waals surface area contributed by atoms with Crippen LogP contribution in [0.15, 0.2) is 47.4 Å². The zero-order valence-corrected chi connectivity index (χ0v) is 18.0. The molecule has 0 saturated heterocycles. The Bertz CT molecular complexity index is 1110. The van der Waals surface area contributed by atoms with Gasteiger partial charge >= 0.3 is 6.03 Å². The van der Waals surface area contributed by atoms with E-state index in [0.717, 1.165) is 21.6 Å². The maximum absolute atomic E-state index is 13.0. The minimum Gasteiger partial charge on any atom is -0.497 e. The van der Waals surface area contributed by atoms with Crippen LogP contribution in [0.25, 0.3) is 0 Å². The number of rotatable bonds is 7. The van der Waals surface area contributed by atoms with Gasteiger partial charge in [-0.3, -0.25) is 9.59 Å². The summed E-state index contributed by atoms with van der Waals surface area (Å²) < 4.78 is 31.9. The second-order valence-electron chi connectivity index (χ2n) is 6.52. The first-order chi connectivity index (χ1) is 14.2. The van der Waals surface area contributed by atoms with Crippen LogP contribution in [-0.4, -0.2) is 49.1 Å². The molecule has 1 N–H and O–H groups in total. The molecule has 0 fully saturated rings. The predicted molar refractivity (Wildman–Crippen MR) is 114 cm³/mol. The molecule has 158 valence electrons. The summed E-state index contributed by atoms with van der Waals surface area (Å²) in [4.78, 5) is 35.6. The number of urea groups is 1. The molecule has 2 aromatic rings. The Balaban J connectivity index is 1.80. The molecule has 10 heteroatoms. The van der Waals surface area contributed by atoms with Gasteiger partial charge in [0.15, 0.2) is 10.9 Å². The van der Waals surface area contributed by atoms with E-state index in [9.17, 15) is 22.8 Å². The zero-order chi connectivity index (χ0) is 21.9. The molecule has 0 spiro atoms. The monoisotopic (exact) mass is 448 g/mol. The van der Waals surface area contributed by atoms with E-state index in [2.05, 4.69) is 5.32 Å². The fourth-order valence-electron chi connectivity index (χ4n) is 2.96. The third-order valence-corrected chi connectivity index (χ3v) is 7.14. The lowest BCUT2D eigenvalue weighted by molar-refractivity contribution is -0.109. The molecule has 0 atom stereocenters. The third-order valence-electron chi connectivity index (χ3n) is 4.48. The lowest BCUT2D eigenvalue weighted by atomic mass is 10.1. The van der Waals surface area contributed by atoms with E-state index in [1.54, 1.807) is 18.2 Å². The first kappa shape index (κ1) is 21.8. The highest BCUT2D eigenvalue weighted by atomic mass is 32.2. The number of thioether (sulfide) groups is 1. The van der Waals surface area contributed by atoms with Crippen LogP contribution in [0.1, 0.15) is 22.8 Å². The van der Waals surface area contributed by atoms with Gasteiger partial charge in [0.1, 0.15) is 10.6 Å². The molecule has 0 radical (unpaired) electrons. The fraction of sp³-hybridized carbons (Fsp3) is 0.250. The van der Waals surface area contributed by atoms with Crippen molar-refractivity contribution in [1.82, 2.24) is 4.31 Å². The highest BCUT2D eigenvalue weighted by Crippen LogP contribution is 2.31. The quantitative estimate of drug-likeness (QED) is 0.649. The standard InChI is InChI=1S/C20H20N2O6S2/c1-13(23)29-12-18(24)15-6-7-19-17(11-15)21-20(25)22(30(19,26)27)9-8-14-4-3-5-16(10-14)28-2/h3-7,10-11H,8-9,12H2,1-2H3,(H,21,25). The minimum atomic E-state index is -4.07. The van der Waals surface area contributed by atoms with Crippen molar-refractivity contribution in [2.45, 2.75) is 18.2 Å². The van der Waals surface area contributed by atoms with Gasteiger partial charge in [0, 0.05) is 19.0 Å². The molecule has 30 heavy (non-hydrogen) atoms. The first-order valence-corrected chi connectivity index (χ1v) is 11.4. The molecule has 8 nitrogen and oxygen atoms in total. The molecule has 1 aliphatic rings. The van der Waals surface area contributed by atoms with Crippen molar-refractivity contribution in [3.8, 4) is 5.75 Å². The van der Waals surface area contributed by atoms with Crippen molar-refractivity contribution in [1.29, 1.82) is 0 Å². The van der Waals surface area contributed by atoms with Gasteiger partial charge in [0.25, 0.3) is 10.0 Å². The summed E-state index contributed by atoms with van der Waals surface area (Å²) in [7, 11) is -2.53. The molecule has 0 aromatic heterocycles. The third kappa shape index (κ3) is 4.65. The highest BCUT2D eigenvalue weighted by Gasteiger charge is 2.36. The Morgan fingerprint density at radius 2 is 1.93 bits per heavy atom. The number of nitrogens with zero attached hydrogens (tertiary/aromatic N) is 1. The predicted octanol–water partition coefficient (Wildman–Crippen LogP) is 2.94. The van der Waals surface area contributed by atoms with Crippen LogP contribution < -0.4 is 10.1 Å². The van der Waals surface area contributed by atoms with E-state index in [1.807, 2.05) is 6.07 Å². The number of fused-ring (bicyclic) bond motifs is 1. The van der Waals surface area contributed by atoms with Crippen molar-refractivity contribution >= 4 is 44.4 Å². The van der Waals surface area contributed by atoms with Crippen LogP contribution in [0, 0.1) is 0 Å². The van der Waals surface area contributed by atoms with E-state index >= 15 is 0 Å². The number of ether oxygens (including phenoxy) is 1. The van der Waals surface area contributed by atoms with Crippen molar-refractivity contribution in [2.75, 3.05) is 24.7 Å². The number of anilines is 1. The summed E-state index contributed by atoms with van der Waals surface area (Å²) in [6.45, 7) is 1.31. The lowest BCUT2D eigenvalue weighted by Crippen LogP contribution is -2.45. The van der Waals surface area contributed by atoms with Gasteiger partial charge in [-0.1, -0.05) is 23.9 Å². The van der Waals surface area contributed by atoms with Crippen LogP contribution >= 0.6 is 11.8 Å². The van der Waals surface area contributed by atoms with E-state index in [0.29, 0.717) is 12.2 Å². The molecule has 0 unspecified atom stereocenters. The SMILES string of the molecule is COc1cccc(CCN2C(=O)Nc3cc(C(=O)CSC(C)=O)ccc3S2(=O)=O)c1. The molecule has 0 bridgehead atoms. The van der Waals surface area contributed by atoms with Gasteiger partial charge in [-0.2, -0.15) is 0 Å². The lowest BCUT2D eigenvalue weighted by Gasteiger charge is -2.29. The largest absolute Gasteiger partial charge is 0.497 e. The second-order valence-corrected chi connectivity index (χ2v) is 9.51. The fourth-order valence-corrected chi connectivity index (χ4v) is 4.92. The molecule has 1 heterocycles. The number of benzene rings is 2. The number of Topliss-reactive ketones (excluding diaryl/α,β-unsaturated/α-hetero) is 1. The van der Waals surface area contributed by atoms with E-state index in [-0.39, 0.29) is 39.3 Å². The summed E-state index contributed by atoms with van der Waals surface area (Å²) in [6.07, 6.45) is 0.317. The second kappa shape index (κ2) is 8.88. The molecular formula is C20H20N2O6S2. The van der Waals surface area contributed by atoms with Crippen molar-refractivity contribution in [3.05, 3.63) is 53.6 Å². The number of sulfonamides is 1. The van der Waals surface area contributed by atoms with Gasteiger partial charge in [-0.15, -0.1) is 0 Å². The van der Waals surface area contributed by atoms with Gasteiger partial charge in [0.05, 0.1) is 18.6 Å². The topological polar surface area (TPSA) is 110 Å². The summed E-state index contributed by atoms with van der Waals surface area (Å²) in [5.41, 5.74) is 1.10. The molecular weight excluding hydrogens is 428 g/mol. The molecule has 2 aromatic carbocycles. The van der Waals surface area contributed by atoms with Crippen molar-refractivity contribution in [2.24, 2.45) is 0 Å². The molecule has 0 saturated carbocycles. The normalized spacial score (nSPS) is 14.6. The molecule has 1 aliphatic heterocycles. The number of methoxy groups -OCH3 is 1. The van der Waals surface area contributed by atoms with Gasteiger partial charge < -0.3 is 10.1 Å². The Morgan fingerprint density at radius 1 is 1.17 bits per heavy atom. The maximum atomic E-state index is 13.0. The van der Waals surface area contributed by atoms with Crippen LogP contribution in [0.5, 0.6) is 5.75 Å². The summed E-state index contributed by atoms with van der Waals surface area (Å²) >= 11 is 0.868. The maximum Gasteiger partial charge on any atom is 0.335 e. The zero-order valence-electron chi connectivity index (χ0n) is 16.4. The highest BCUT2D eigenvalue weighted by molar-refractivity contribution is 8.14. The van der Waals surface area contributed by atoms with Crippen molar-refractivity contribution < 1.29 is 27.5 Å². The average Bonchev–Trinajstić information content (AvgIpc) is 2.71. The van der Waals surface area contributed by atoms with Crippen LogP contribution in [-0.2, 0) is 21.2 Å². The molecule has 2 amide bonds. The Kier molecular flexibility index (Phi) is 6.47. The number of amides is 2. The van der Waals surface area contributed by atoms with Crippen molar-refractivity contribution in [3.63, 3.8) is 0 Å². The Labute approximate surface area is 178 Å². The smallest absolute Gasteiger partial charge is 0.335 e. The van der Waals surface area contributed by atoms with Gasteiger partial charge in [0.2, 0.25) is 0 Å². The first-order valence-electron chi connectivity index (χ1n) is 8.99. The number of nitrogens with one attached hydrogen (secondary N) is 1. The number of carbonyl (C=O) groups is 3. The number of hydrogen-bond acceptors (Lipinski definition) is 7. The number of hydrogen-bond donors (Lipinski definition) is 1. The summed E-state index contributed by atoms with van der Waals surface area (Å²) in [5.74, 6) is 0.260. The van der Waals surface area contributed by atoms with E-state index < -0.39 is 16.1 Å². The van der Waals surface area contributed by atoms with Gasteiger partial charge in [-0.25, -0.2) is 17.5 Å². The number of ketones is 1. The van der Waals surface area contributed by atoms with E-state index in [1.165, 1.54) is 32.2 Å². The molecule has 3 rings (SSSR count). The molecule has 0 aliphatic carbocycles. The van der Waals surface area contributed by atoms with Crippen LogP contribution in [0.2, 0.25) is 0 Å². The number of carbonyl (C=O) groups excluding carboxylic acids is 3. The average molecular weight is 449 g/mol. The van der Waals surface area contributed by atoms with Crippen LogP contribution in [0.3, 0.4) is 0 Å². The Hall–Kier alpha value is -2.85. The van der Waals surface area contributed by atoms with Crippen LogP contribution in [0.4, 0.5) is 10.5 Å². The minimum absolute atomic E-state index is 0.0449. The summed E-state index contributed by atoms with van der Waals surface area (Å²) in [5, 5.41) is 2.35. The van der Waals surface area contributed by atoms with E-state index in [4.69, 9.17) is 4.74 Å². The van der Waals surface area contributed by atoms with Gasteiger partial charge in [-0.05, 0) is 42.3 Å². The summed E-state index contributed by atoms with van der Waals surface area (Å²) in [6, 6.07) is 10.4. The Morgan fingerprint density at radius 3 is 2.63 bits per heavy atom.